The van der Waals surface area contributed by atoms with Gasteiger partial charge in [-0.15, -0.1) is 0 Å². The minimum absolute atomic E-state index is 0.150. The second-order valence-electron chi connectivity index (χ2n) is 29.8. The Labute approximate surface area is 690 Å². The van der Waals surface area contributed by atoms with E-state index in [4.69, 9.17) is 16.4 Å². The molecule has 574 valence electrons. The van der Waals surface area contributed by atoms with Crippen LogP contribution in [0, 0.1) is 145 Å². The second-order valence-corrected chi connectivity index (χ2v) is 29.8. The molecular formula is C105H126N7+7. The Kier molecular flexibility index (Phi) is 24.6. The molecule has 0 aliphatic carbocycles. The SMILES string of the molecule is Cc1ccc(-c2cccc(C)[n+]2C)c(C)c1.Cc1ccc(C)c(-c2cccc(C)[n+]2C)c1.Cc1cccc(-c2cccc(C)[n+]2C)c1C.Cc1cccc(C)c1-c1c(C)ccc[n+]1C.[2H]C([2H])([2H])c1ccc(-c2cccc(C)[n+]2C)c(C)c1.[2H]C([2H])([2H])c1cccc(-c2cccc(C)c2C)[n+]1C.[2H]C([2H])([2H])c1cccc(C)c1-c1c(C([2H])([2H])[2H])ccc[n+]1C. The predicted octanol–water partition coefficient (Wildman–Crippen LogP) is 21.7. The molecule has 0 saturated carbocycles. The fourth-order valence-electron chi connectivity index (χ4n) is 14.0. The summed E-state index contributed by atoms with van der Waals surface area (Å²) in [6.45, 7) is 27.0. The number of aromatic nitrogens is 7. The van der Waals surface area contributed by atoms with Gasteiger partial charge in [0.25, 0.3) is 0 Å². The average Bonchev–Trinajstić information content (AvgIpc) is 0.759. The van der Waals surface area contributed by atoms with Crippen molar-refractivity contribution in [1.82, 2.24) is 0 Å². The van der Waals surface area contributed by atoms with Gasteiger partial charge in [-0.1, -0.05) is 114 Å². The fraction of sp³-hybridized carbons (Fsp3) is 0.267. The third-order valence-electron chi connectivity index (χ3n) is 21.5. The summed E-state index contributed by atoms with van der Waals surface area (Å²) < 4.78 is 106. The maximum Gasteiger partial charge on any atom is 0.215 e. The highest BCUT2D eigenvalue weighted by atomic mass is 15.0. The summed E-state index contributed by atoms with van der Waals surface area (Å²) in [5, 5.41) is 0. The quantitative estimate of drug-likeness (QED) is 0.142. The van der Waals surface area contributed by atoms with Crippen molar-refractivity contribution in [3.63, 3.8) is 0 Å². The molecular weight excluding hydrogens is 1360 g/mol. The van der Waals surface area contributed by atoms with Crippen LogP contribution in [-0.2, 0) is 49.3 Å². The van der Waals surface area contributed by atoms with E-state index in [1.807, 2.05) is 50.4 Å². The van der Waals surface area contributed by atoms with Crippen LogP contribution in [-0.4, -0.2) is 0 Å². The smallest absolute Gasteiger partial charge is 0.201 e. The predicted molar refractivity (Wildman–Crippen MR) is 471 cm³/mol. The third-order valence-corrected chi connectivity index (χ3v) is 21.5. The van der Waals surface area contributed by atoms with Gasteiger partial charge in [0.2, 0.25) is 39.9 Å². The van der Waals surface area contributed by atoms with E-state index >= 15 is 0 Å². The summed E-state index contributed by atoms with van der Waals surface area (Å²) in [5.41, 5.74) is 37.7. The molecule has 0 aliphatic rings. The zero-order valence-electron chi connectivity index (χ0n) is 82.9. The minimum atomic E-state index is -2.32. The molecule has 0 bridgehead atoms. The highest BCUT2D eigenvalue weighted by Gasteiger charge is 2.22. The first-order valence-electron chi connectivity index (χ1n) is 44.4. The van der Waals surface area contributed by atoms with Crippen LogP contribution >= 0.6 is 0 Å². The molecule has 0 aliphatic heterocycles. The van der Waals surface area contributed by atoms with Gasteiger partial charge in [-0.2, -0.15) is 22.8 Å². The van der Waals surface area contributed by atoms with Crippen LogP contribution in [0.25, 0.3) is 78.8 Å². The standard InChI is InChI=1S/7C15H18N/c2*1-11-7-5-9-14(13(11)3)15-10-6-8-12(2)16(15)4;2*1-11-7-5-8-12(2)14(11)15-13(3)9-6-10-16(15)4;2*1-11-8-9-14(12(2)10-11)15-7-5-6-13(3)16(15)4;1-11-8-9-12(2)14(10-11)15-7-5-6-13(3)16(15)4/h7*5-10H,1-4H3/q7*+1/i2D3;;1D3,3D3;;1D3;;. The van der Waals surface area contributed by atoms with E-state index in [0.717, 1.165) is 39.3 Å². The van der Waals surface area contributed by atoms with Crippen molar-refractivity contribution in [1.29, 1.82) is 0 Å². The Hall–Kier alpha value is -11.4. The molecule has 7 heterocycles. The molecule has 0 fully saturated rings. The van der Waals surface area contributed by atoms with Crippen molar-refractivity contribution in [2.45, 2.75) is 145 Å². The molecule has 7 nitrogen and oxygen atoms in total. The lowest BCUT2D eigenvalue weighted by molar-refractivity contribution is -0.666. The van der Waals surface area contributed by atoms with Crippen LogP contribution in [0.1, 0.15) is 134 Å². The molecule has 7 aromatic carbocycles. The maximum atomic E-state index is 7.74. The number of aryl methyl sites for hydroxylation is 21. The minimum Gasteiger partial charge on any atom is -0.201 e. The van der Waals surface area contributed by atoms with Gasteiger partial charge in [0.1, 0.15) is 49.3 Å². The molecule has 14 aromatic rings. The fourth-order valence-corrected chi connectivity index (χ4v) is 14.0. The lowest BCUT2D eigenvalue weighted by Crippen LogP contribution is -2.34. The van der Waals surface area contributed by atoms with Crippen molar-refractivity contribution >= 4 is 0 Å². The molecule has 0 saturated heterocycles. The highest BCUT2D eigenvalue weighted by Crippen LogP contribution is 2.31. The number of pyridine rings is 7. The summed E-state index contributed by atoms with van der Waals surface area (Å²) in [5.74, 6) is 0. The Morgan fingerprint density at radius 2 is 0.518 bits per heavy atom. The molecule has 0 amide bonds. The van der Waals surface area contributed by atoms with E-state index in [2.05, 4.69) is 313 Å². The van der Waals surface area contributed by atoms with Crippen LogP contribution in [0.15, 0.2) is 255 Å². The largest absolute Gasteiger partial charge is 0.215 e. The van der Waals surface area contributed by atoms with Gasteiger partial charge in [0.05, 0.1) is 11.1 Å². The van der Waals surface area contributed by atoms with E-state index < -0.39 is 27.4 Å². The summed E-state index contributed by atoms with van der Waals surface area (Å²) >= 11 is 0. The zero-order valence-corrected chi connectivity index (χ0v) is 70.9. The molecule has 7 heteroatoms. The molecule has 112 heavy (non-hydrogen) atoms. The van der Waals surface area contributed by atoms with Crippen molar-refractivity contribution in [3.05, 3.63) is 373 Å². The van der Waals surface area contributed by atoms with Crippen molar-refractivity contribution in [3.8, 4) is 78.8 Å². The van der Waals surface area contributed by atoms with Crippen molar-refractivity contribution < 1.29 is 48.4 Å². The lowest BCUT2D eigenvalue weighted by atomic mass is 9.97. The van der Waals surface area contributed by atoms with Crippen molar-refractivity contribution in [2.24, 2.45) is 49.3 Å². The third kappa shape index (κ3) is 21.4. The number of hydrogen-bond acceptors (Lipinski definition) is 0. The van der Waals surface area contributed by atoms with E-state index in [1.54, 1.807) is 78.8 Å². The first-order valence-corrected chi connectivity index (χ1v) is 38.4. The highest BCUT2D eigenvalue weighted by molar-refractivity contribution is 5.70. The molecule has 0 radical (unpaired) electrons. The lowest BCUT2D eigenvalue weighted by Gasteiger charge is -2.09. The Balaban J connectivity index is 0.000000180. The van der Waals surface area contributed by atoms with Gasteiger partial charge in [0.15, 0.2) is 40.9 Å². The van der Waals surface area contributed by atoms with Gasteiger partial charge in [-0.25, -0.2) is 9.13 Å². The van der Waals surface area contributed by atoms with Gasteiger partial charge < -0.3 is 0 Å². The monoisotopic (exact) mass is 1500 g/mol. The zero-order chi connectivity index (χ0) is 91.9. The summed E-state index contributed by atoms with van der Waals surface area (Å²) in [6.07, 6.45) is 3.83. The Morgan fingerprint density at radius 1 is 0.205 bits per heavy atom. The number of benzene rings is 7. The van der Waals surface area contributed by atoms with Crippen LogP contribution in [0.5, 0.6) is 0 Å². The van der Waals surface area contributed by atoms with Gasteiger partial charge in [0, 0.05) is 163 Å². The number of hydrogen-bond donors (Lipinski definition) is 0. The summed E-state index contributed by atoms with van der Waals surface area (Å²) in [4.78, 5) is 0. The Bertz CT molecular complexity index is 5860. The summed E-state index contributed by atoms with van der Waals surface area (Å²) in [6, 6.07) is 80.8. The molecule has 0 N–H and O–H groups in total. The first-order chi connectivity index (χ1) is 58.1. The Morgan fingerprint density at radius 3 is 0.929 bits per heavy atom. The topological polar surface area (TPSA) is 27.2 Å². The van der Waals surface area contributed by atoms with Crippen LogP contribution in [0.2, 0.25) is 0 Å². The number of nitrogens with zero attached hydrogens (tertiary/aromatic N) is 7. The molecule has 0 unspecified atom stereocenters. The van der Waals surface area contributed by atoms with Gasteiger partial charge >= 0.3 is 0 Å². The van der Waals surface area contributed by atoms with E-state index in [9.17, 15) is 0 Å². The molecule has 0 spiro atoms. The van der Waals surface area contributed by atoms with Crippen molar-refractivity contribution in [2.75, 3.05) is 0 Å². The van der Waals surface area contributed by atoms with E-state index in [-0.39, 0.29) is 11.1 Å². The van der Waals surface area contributed by atoms with E-state index in [1.165, 1.54) is 135 Å². The summed E-state index contributed by atoms with van der Waals surface area (Å²) in [7, 11) is 14.0. The number of rotatable bonds is 7. The van der Waals surface area contributed by atoms with Crippen LogP contribution < -0.4 is 32.0 Å². The average molecular weight is 1500 g/mol. The first kappa shape index (κ1) is 69.8. The second kappa shape index (κ2) is 39.5. The van der Waals surface area contributed by atoms with Gasteiger partial charge in [-0.3, -0.25) is 0 Å². The maximum absolute atomic E-state index is 7.74. The molecule has 7 aromatic heterocycles. The molecule has 0 atom stereocenters. The van der Waals surface area contributed by atoms with Crippen LogP contribution in [0.4, 0.5) is 0 Å². The van der Waals surface area contributed by atoms with Crippen LogP contribution in [0.3, 0.4) is 0 Å². The van der Waals surface area contributed by atoms with Gasteiger partial charge in [-0.05, 0) is 245 Å². The normalized spacial score (nSPS) is 12.5. The van der Waals surface area contributed by atoms with E-state index in [0.29, 0.717) is 22.5 Å². The molecule has 14 rings (SSSR count).